The van der Waals surface area contributed by atoms with E-state index in [0.717, 1.165) is 24.4 Å². The molecule has 0 bridgehead atoms. The van der Waals surface area contributed by atoms with Crippen LogP contribution in [-0.4, -0.2) is 40.5 Å². The zero-order chi connectivity index (χ0) is 15.5. The number of aromatic nitrogens is 1. The Balaban J connectivity index is 1.60. The van der Waals surface area contributed by atoms with Gasteiger partial charge in [-0.05, 0) is 26.0 Å². The monoisotopic (exact) mass is 299 g/mol. The van der Waals surface area contributed by atoms with Crippen LogP contribution in [0.3, 0.4) is 0 Å². The molecular weight excluding hydrogens is 278 g/mol. The Labute approximate surface area is 130 Å². The average Bonchev–Trinajstić information content (AvgIpc) is 3.07. The number of rotatable bonds is 5. The molecule has 116 valence electrons. The Bertz CT molecular complexity index is 638. The maximum Gasteiger partial charge on any atom is 0.240 e. The van der Waals surface area contributed by atoms with E-state index in [1.165, 1.54) is 5.56 Å². The summed E-state index contributed by atoms with van der Waals surface area (Å²) in [4.78, 5) is 16.6. The van der Waals surface area contributed by atoms with E-state index in [2.05, 4.69) is 22.2 Å². The molecule has 0 aliphatic carbocycles. The van der Waals surface area contributed by atoms with Crippen molar-refractivity contribution in [3.63, 3.8) is 0 Å². The van der Waals surface area contributed by atoms with Crippen LogP contribution in [0.1, 0.15) is 23.4 Å². The molecule has 1 aromatic heterocycles. The first-order valence-electron chi connectivity index (χ1n) is 7.58. The number of benzene rings is 1. The predicted octanol–water partition coefficient (Wildman–Crippen LogP) is 2.22. The van der Waals surface area contributed by atoms with Gasteiger partial charge in [-0.1, -0.05) is 35.5 Å². The Hall–Kier alpha value is -2.14. The molecule has 5 heteroatoms. The van der Waals surface area contributed by atoms with E-state index in [0.29, 0.717) is 13.1 Å². The van der Waals surface area contributed by atoms with Crippen molar-refractivity contribution in [1.82, 2.24) is 15.0 Å². The number of nitrogens with zero attached hydrogens (tertiary/aromatic N) is 3. The molecule has 0 N–H and O–H groups in total. The molecule has 2 aromatic rings. The fourth-order valence-corrected chi connectivity index (χ4v) is 2.95. The number of carbonyl (C=O) groups excluding carboxylic acids is 1. The standard InChI is InChI=1S/C17H21N3O2/c1-13-10-15(18-22-13)12-19(2)16-8-9-20(17(16)21)11-14-6-4-3-5-7-14/h3-7,10,16H,8-9,11-12H2,1-2H3. The lowest BCUT2D eigenvalue weighted by Crippen LogP contribution is -2.39. The minimum absolute atomic E-state index is 0.0688. The van der Waals surface area contributed by atoms with Crippen LogP contribution in [0.5, 0.6) is 0 Å². The molecule has 5 nitrogen and oxygen atoms in total. The number of carbonyl (C=O) groups is 1. The molecule has 0 spiro atoms. The first-order valence-corrected chi connectivity index (χ1v) is 7.58. The maximum absolute atomic E-state index is 12.6. The third kappa shape index (κ3) is 3.20. The third-order valence-electron chi connectivity index (χ3n) is 4.11. The molecule has 1 atom stereocenters. The summed E-state index contributed by atoms with van der Waals surface area (Å²) >= 11 is 0. The van der Waals surface area contributed by atoms with Gasteiger partial charge in [0, 0.05) is 25.7 Å². The highest BCUT2D eigenvalue weighted by molar-refractivity contribution is 5.83. The molecule has 1 aliphatic heterocycles. The molecule has 22 heavy (non-hydrogen) atoms. The van der Waals surface area contributed by atoms with Gasteiger partial charge in [-0.3, -0.25) is 9.69 Å². The van der Waals surface area contributed by atoms with Gasteiger partial charge < -0.3 is 9.42 Å². The van der Waals surface area contributed by atoms with Crippen LogP contribution in [0, 0.1) is 6.92 Å². The van der Waals surface area contributed by atoms with Gasteiger partial charge in [0.15, 0.2) is 0 Å². The van der Waals surface area contributed by atoms with E-state index < -0.39 is 0 Å². The van der Waals surface area contributed by atoms with E-state index in [9.17, 15) is 4.79 Å². The molecule has 1 saturated heterocycles. The summed E-state index contributed by atoms with van der Waals surface area (Å²) in [5.41, 5.74) is 2.04. The molecule has 1 fully saturated rings. The van der Waals surface area contributed by atoms with Crippen LogP contribution in [0.4, 0.5) is 0 Å². The summed E-state index contributed by atoms with van der Waals surface area (Å²) < 4.78 is 5.08. The third-order valence-corrected chi connectivity index (χ3v) is 4.11. The van der Waals surface area contributed by atoms with E-state index in [1.54, 1.807) is 0 Å². The van der Waals surface area contributed by atoms with Crippen molar-refractivity contribution >= 4 is 5.91 Å². The van der Waals surface area contributed by atoms with Gasteiger partial charge in [0.2, 0.25) is 5.91 Å². The summed E-state index contributed by atoms with van der Waals surface area (Å²) in [5.74, 6) is 0.999. The molecule has 0 saturated carbocycles. The number of amides is 1. The number of likely N-dealkylation sites (tertiary alicyclic amines) is 1. The van der Waals surface area contributed by atoms with Crippen molar-refractivity contribution in [2.75, 3.05) is 13.6 Å². The van der Waals surface area contributed by atoms with Crippen molar-refractivity contribution in [1.29, 1.82) is 0 Å². The Morgan fingerprint density at radius 1 is 1.36 bits per heavy atom. The number of hydrogen-bond acceptors (Lipinski definition) is 4. The highest BCUT2D eigenvalue weighted by Gasteiger charge is 2.34. The summed E-state index contributed by atoms with van der Waals surface area (Å²) in [5, 5.41) is 4.00. The van der Waals surface area contributed by atoms with Crippen molar-refractivity contribution in [2.45, 2.75) is 32.5 Å². The van der Waals surface area contributed by atoms with Gasteiger partial charge in [0.1, 0.15) is 5.76 Å². The van der Waals surface area contributed by atoms with Crippen LogP contribution in [-0.2, 0) is 17.9 Å². The van der Waals surface area contributed by atoms with Crippen LogP contribution >= 0.6 is 0 Å². The zero-order valence-electron chi connectivity index (χ0n) is 13.0. The normalized spacial score (nSPS) is 18.4. The average molecular weight is 299 g/mol. The van der Waals surface area contributed by atoms with Gasteiger partial charge >= 0.3 is 0 Å². The second-order valence-electron chi connectivity index (χ2n) is 5.89. The molecule has 0 radical (unpaired) electrons. The fraction of sp³-hybridized carbons (Fsp3) is 0.412. The minimum atomic E-state index is -0.0688. The van der Waals surface area contributed by atoms with Crippen LogP contribution in [0.2, 0.25) is 0 Å². The van der Waals surface area contributed by atoms with Gasteiger partial charge in [0.05, 0.1) is 11.7 Å². The Kier molecular flexibility index (Phi) is 4.24. The van der Waals surface area contributed by atoms with Crippen LogP contribution in [0.15, 0.2) is 40.9 Å². The highest BCUT2D eigenvalue weighted by atomic mass is 16.5. The van der Waals surface area contributed by atoms with Crippen molar-refractivity contribution in [3.05, 3.63) is 53.4 Å². The lowest BCUT2D eigenvalue weighted by Gasteiger charge is -2.22. The van der Waals surface area contributed by atoms with E-state index >= 15 is 0 Å². The summed E-state index contributed by atoms with van der Waals surface area (Å²) in [7, 11) is 1.97. The van der Waals surface area contributed by atoms with Gasteiger partial charge in [0.25, 0.3) is 0 Å². The Morgan fingerprint density at radius 3 is 2.82 bits per heavy atom. The van der Waals surface area contributed by atoms with E-state index in [-0.39, 0.29) is 11.9 Å². The van der Waals surface area contributed by atoms with Crippen LogP contribution in [0.25, 0.3) is 0 Å². The molecule has 2 heterocycles. The lowest BCUT2D eigenvalue weighted by molar-refractivity contribution is -0.132. The smallest absolute Gasteiger partial charge is 0.240 e. The first kappa shape index (κ1) is 14.8. The lowest BCUT2D eigenvalue weighted by atomic mass is 10.2. The molecular formula is C17H21N3O2. The van der Waals surface area contributed by atoms with Gasteiger partial charge in [-0.25, -0.2) is 0 Å². The summed E-state index contributed by atoms with van der Waals surface area (Å²) in [6, 6.07) is 12.0. The quantitative estimate of drug-likeness (QED) is 0.849. The van der Waals surface area contributed by atoms with Crippen molar-refractivity contribution in [3.8, 4) is 0 Å². The molecule has 3 rings (SSSR count). The van der Waals surface area contributed by atoms with Crippen molar-refractivity contribution in [2.24, 2.45) is 0 Å². The fourth-order valence-electron chi connectivity index (χ4n) is 2.95. The molecule has 1 unspecified atom stereocenters. The number of hydrogen-bond donors (Lipinski definition) is 0. The second-order valence-corrected chi connectivity index (χ2v) is 5.89. The molecule has 1 aromatic carbocycles. The zero-order valence-corrected chi connectivity index (χ0v) is 13.0. The predicted molar refractivity (Wildman–Crippen MR) is 83.0 cm³/mol. The SMILES string of the molecule is Cc1cc(CN(C)C2CCN(Cc3ccccc3)C2=O)no1. The van der Waals surface area contributed by atoms with Crippen molar-refractivity contribution < 1.29 is 9.32 Å². The number of aryl methyl sites for hydroxylation is 1. The first-order chi connectivity index (χ1) is 10.6. The summed E-state index contributed by atoms with van der Waals surface area (Å²) in [6.07, 6.45) is 0.860. The molecule has 1 aliphatic rings. The van der Waals surface area contributed by atoms with E-state index in [4.69, 9.17) is 4.52 Å². The minimum Gasteiger partial charge on any atom is -0.361 e. The van der Waals surface area contributed by atoms with Gasteiger partial charge in [-0.15, -0.1) is 0 Å². The van der Waals surface area contributed by atoms with Gasteiger partial charge in [-0.2, -0.15) is 0 Å². The maximum atomic E-state index is 12.6. The summed E-state index contributed by atoms with van der Waals surface area (Å²) in [6.45, 7) is 4.00. The highest BCUT2D eigenvalue weighted by Crippen LogP contribution is 2.20. The largest absolute Gasteiger partial charge is 0.361 e. The van der Waals surface area contributed by atoms with E-state index in [1.807, 2.05) is 43.1 Å². The topological polar surface area (TPSA) is 49.6 Å². The second kappa shape index (κ2) is 6.32. The van der Waals surface area contributed by atoms with Crippen LogP contribution < -0.4 is 0 Å². The number of likely N-dealkylation sites (N-methyl/N-ethyl adjacent to an activating group) is 1. The Morgan fingerprint density at radius 2 is 2.14 bits per heavy atom. The molecule has 1 amide bonds.